The Balaban J connectivity index is 1.82. The van der Waals surface area contributed by atoms with Gasteiger partial charge in [-0.05, 0) is 24.5 Å². The van der Waals surface area contributed by atoms with Crippen molar-refractivity contribution in [3.63, 3.8) is 0 Å². The van der Waals surface area contributed by atoms with E-state index in [0.29, 0.717) is 47.1 Å². The molecule has 0 spiro atoms. The van der Waals surface area contributed by atoms with Crippen LogP contribution in [0.4, 0.5) is 0 Å². The van der Waals surface area contributed by atoms with E-state index in [2.05, 4.69) is 0 Å². The fourth-order valence-electron chi connectivity index (χ4n) is 4.11. The summed E-state index contributed by atoms with van der Waals surface area (Å²) in [6, 6.07) is 10.00. The molecule has 0 saturated heterocycles. The first kappa shape index (κ1) is 16.0. The lowest BCUT2D eigenvalue weighted by Crippen LogP contribution is -2.41. The fourth-order valence-corrected chi connectivity index (χ4v) is 4.11. The molecule has 1 fully saturated rings. The molecule has 0 amide bonds. The van der Waals surface area contributed by atoms with E-state index in [-0.39, 0.29) is 17.3 Å². The van der Waals surface area contributed by atoms with Crippen LogP contribution in [0.5, 0.6) is 5.75 Å². The summed E-state index contributed by atoms with van der Waals surface area (Å²) in [6.45, 7) is 0. The molecule has 2 aromatic rings. The maximum Gasteiger partial charge on any atom is 0.194 e. The smallest absolute Gasteiger partial charge is 0.194 e. The Morgan fingerprint density at radius 2 is 1.56 bits per heavy atom. The normalized spacial score (nSPS) is 18.4. The quantitative estimate of drug-likeness (QED) is 0.703. The topological polar surface area (TPSA) is 74.6 Å². The maximum atomic E-state index is 13.1. The summed E-state index contributed by atoms with van der Waals surface area (Å²) in [5, 5.41) is 21.0. The van der Waals surface area contributed by atoms with E-state index in [1.54, 1.807) is 36.4 Å². The number of carbonyl (C=O) groups excluding carboxylic acids is 2. The van der Waals surface area contributed by atoms with E-state index in [0.717, 1.165) is 19.3 Å². The minimum Gasteiger partial charge on any atom is -0.508 e. The Labute approximate surface area is 146 Å². The third kappa shape index (κ3) is 2.48. The molecule has 0 aliphatic heterocycles. The lowest BCUT2D eigenvalue weighted by atomic mass is 9.75. The van der Waals surface area contributed by atoms with Gasteiger partial charge in [0.15, 0.2) is 11.6 Å². The zero-order valence-electron chi connectivity index (χ0n) is 13.9. The Morgan fingerprint density at radius 3 is 2.28 bits per heavy atom. The van der Waals surface area contributed by atoms with Crippen LogP contribution in [-0.2, 0) is 6.42 Å². The van der Waals surface area contributed by atoms with Crippen LogP contribution in [0.1, 0.15) is 69.5 Å². The second-order valence-corrected chi connectivity index (χ2v) is 7.06. The van der Waals surface area contributed by atoms with Crippen LogP contribution >= 0.6 is 0 Å². The van der Waals surface area contributed by atoms with E-state index < -0.39 is 5.60 Å². The number of phenolic OH excluding ortho intramolecular Hbond substituents is 1. The number of Topliss-reactive ketones (excluding diaryl/α,β-unsaturated/α-hetero) is 1. The summed E-state index contributed by atoms with van der Waals surface area (Å²) < 4.78 is 0. The Bertz CT molecular complexity index is 875. The minimum atomic E-state index is -1.34. The van der Waals surface area contributed by atoms with Crippen molar-refractivity contribution < 1.29 is 19.8 Å². The Kier molecular flexibility index (Phi) is 3.73. The highest BCUT2D eigenvalue weighted by atomic mass is 16.3. The number of aromatic hydroxyl groups is 1. The van der Waals surface area contributed by atoms with Gasteiger partial charge in [0.05, 0.1) is 0 Å². The molecule has 2 aliphatic rings. The molecule has 0 heterocycles. The van der Waals surface area contributed by atoms with Gasteiger partial charge in [-0.3, -0.25) is 9.59 Å². The number of hydrogen-bond donors (Lipinski definition) is 2. The van der Waals surface area contributed by atoms with Crippen LogP contribution < -0.4 is 0 Å². The highest BCUT2D eigenvalue weighted by Crippen LogP contribution is 2.37. The van der Waals surface area contributed by atoms with Crippen molar-refractivity contribution in [1.82, 2.24) is 0 Å². The molecule has 25 heavy (non-hydrogen) atoms. The van der Waals surface area contributed by atoms with Gasteiger partial charge in [-0.1, -0.05) is 49.6 Å². The van der Waals surface area contributed by atoms with E-state index >= 15 is 0 Å². The predicted molar refractivity (Wildman–Crippen MR) is 93.2 cm³/mol. The van der Waals surface area contributed by atoms with Crippen LogP contribution in [0, 0.1) is 0 Å². The first-order chi connectivity index (χ1) is 12.0. The zero-order chi connectivity index (χ0) is 17.6. The first-order valence-corrected chi connectivity index (χ1v) is 8.76. The average molecular weight is 336 g/mol. The van der Waals surface area contributed by atoms with Crippen LogP contribution in [0.3, 0.4) is 0 Å². The number of carbonyl (C=O) groups is 2. The third-order valence-corrected chi connectivity index (χ3v) is 5.52. The number of phenols is 1. The van der Waals surface area contributed by atoms with Crippen molar-refractivity contribution in [2.75, 3.05) is 0 Å². The molecule has 0 radical (unpaired) electrons. The molecular weight excluding hydrogens is 316 g/mol. The number of aliphatic hydroxyl groups is 1. The zero-order valence-corrected chi connectivity index (χ0v) is 13.9. The number of rotatable bonds is 2. The van der Waals surface area contributed by atoms with Crippen LogP contribution in [-0.4, -0.2) is 27.4 Å². The van der Waals surface area contributed by atoms with Crippen LogP contribution in [0.15, 0.2) is 36.4 Å². The summed E-state index contributed by atoms with van der Waals surface area (Å²) in [5.74, 6) is -0.414. The SMILES string of the molecule is O=C1c2cccc(O)c2Cc2c1cccc2C(=O)C1(O)CCCCC1. The molecule has 0 atom stereocenters. The lowest BCUT2D eigenvalue weighted by molar-refractivity contribution is 0.0115. The molecular formula is C21H20O4. The van der Waals surface area contributed by atoms with Gasteiger partial charge in [0.25, 0.3) is 0 Å². The number of ketones is 2. The molecule has 128 valence electrons. The first-order valence-electron chi connectivity index (χ1n) is 8.76. The van der Waals surface area contributed by atoms with E-state index in [1.807, 2.05) is 0 Å². The molecule has 1 saturated carbocycles. The Morgan fingerprint density at radius 1 is 0.920 bits per heavy atom. The molecule has 4 heteroatoms. The number of hydrogen-bond acceptors (Lipinski definition) is 4. The molecule has 2 aliphatic carbocycles. The lowest BCUT2D eigenvalue weighted by Gasteiger charge is -2.32. The van der Waals surface area contributed by atoms with Crippen molar-refractivity contribution in [3.8, 4) is 5.75 Å². The summed E-state index contributed by atoms with van der Waals surface area (Å²) in [6.07, 6.45) is 3.94. The highest BCUT2D eigenvalue weighted by Gasteiger charge is 2.39. The van der Waals surface area contributed by atoms with Crippen molar-refractivity contribution in [1.29, 1.82) is 0 Å². The number of benzene rings is 2. The molecule has 0 unspecified atom stereocenters. The van der Waals surface area contributed by atoms with Gasteiger partial charge in [-0.15, -0.1) is 0 Å². The molecule has 4 rings (SSSR count). The Hall–Kier alpha value is -2.46. The van der Waals surface area contributed by atoms with Gasteiger partial charge in [-0.25, -0.2) is 0 Å². The van der Waals surface area contributed by atoms with E-state index in [4.69, 9.17) is 0 Å². The standard InChI is InChI=1S/C21H20O4/c22-18-9-5-7-14-17(18)12-16-13(19(14)23)6-4-8-15(16)20(24)21(25)10-2-1-3-11-21/h4-9,22,25H,1-3,10-12H2. The van der Waals surface area contributed by atoms with Crippen LogP contribution in [0.25, 0.3) is 0 Å². The summed E-state index contributed by atoms with van der Waals surface area (Å²) >= 11 is 0. The monoisotopic (exact) mass is 336 g/mol. The average Bonchev–Trinajstić information content (AvgIpc) is 2.62. The summed E-state index contributed by atoms with van der Waals surface area (Å²) in [7, 11) is 0. The van der Waals surface area contributed by atoms with Crippen molar-refractivity contribution in [3.05, 3.63) is 64.2 Å². The second-order valence-electron chi connectivity index (χ2n) is 7.06. The molecule has 0 bridgehead atoms. The third-order valence-electron chi connectivity index (χ3n) is 5.52. The van der Waals surface area contributed by atoms with Gasteiger partial charge >= 0.3 is 0 Å². The summed E-state index contributed by atoms with van der Waals surface area (Å²) in [4.78, 5) is 25.9. The largest absolute Gasteiger partial charge is 0.508 e. The molecule has 2 N–H and O–H groups in total. The second kappa shape index (κ2) is 5.81. The van der Waals surface area contributed by atoms with Gasteiger partial charge < -0.3 is 10.2 Å². The molecule has 2 aromatic carbocycles. The van der Waals surface area contributed by atoms with Gasteiger partial charge in [-0.2, -0.15) is 0 Å². The van der Waals surface area contributed by atoms with Gasteiger partial charge in [0.1, 0.15) is 11.4 Å². The number of fused-ring (bicyclic) bond motifs is 2. The highest BCUT2D eigenvalue weighted by molar-refractivity contribution is 6.15. The molecule has 4 nitrogen and oxygen atoms in total. The fraction of sp³-hybridized carbons (Fsp3) is 0.333. The minimum absolute atomic E-state index is 0.0649. The molecule has 0 aromatic heterocycles. The maximum absolute atomic E-state index is 13.1. The van der Waals surface area contributed by atoms with Gasteiger partial charge in [0.2, 0.25) is 0 Å². The van der Waals surface area contributed by atoms with E-state index in [1.165, 1.54) is 0 Å². The van der Waals surface area contributed by atoms with Gasteiger partial charge in [0, 0.05) is 28.7 Å². The summed E-state index contributed by atoms with van der Waals surface area (Å²) in [5.41, 5.74) is 1.21. The van der Waals surface area contributed by atoms with Crippen molar-refractivity contribution in [2.24, 2.45) is 0 Å². The van der Waals surface area contributed by atoms with Crippen LogP contribution in [0.2, 0.25) is 0 Å². The van der Waals surface area contributed by atoms with E-state index in [9.17, 15) is 19.8 Å². The van der Waals surface area contributed by atoms with Crippen molar-refractivity contribution >= 4 is 11.6 Å². The van der Waals surface area contributed by atoms with Crippen molar-refractivity contribution in [2.45, 2.75) is 44.1 Å². The predicted octanol–water partition coefficient (Wildman–Crippen LogP) is 3.41.